The summed E-state index contributed by atoms with van der Waals surface area (Å²) >= 11 is 1.65. The molecule has 0 aliphatic heterocycles. The maximum atomic E-state index is 14.1. The summed E-state index contributed by atoms with van der Waals surface area (Å²) in [7, 11) is 0. The SMILES string of the molecule is CCc1ccc(CC(NN)c2c(F)ccc(C)c2F)s1. The molecule has 0 saturated heterocycles. The van der Waals surface area contributed by atoms with Crippen molar-refractivity contribution in [3.63, 3.8) is 0 Å². The molecule has 1 heterocycles. The van der Waals surface area contributed by atoms with E-state index in [0.717, 1.165) is 11.3 Å². The fraction of sp³-hybridized carbons (Fsp3) is 0.333. The highest BCUT2D eigenvalue weighted by Crippen LogP contribution is 2.28. The fourth-order valence-electron chi connectivity index (χ4n) is 2.17. The van der Waals surface area contributed by atoms with Crippen molar-refractivity contribution in [2.45, 2.75) is 32.7 Å². The van der Waals surface area contributed by atoms with E-state index in [4.69, 9.17) is 5.84 Å². The van der Waals surface area contributed by atoms with Crippen LogP contribution in [0, 0.1) is 18.6 Å². The van der Waals surface area contributed by atoms with Crippen LogP contribution < -0.4 is 11.3 Å². The predicted octanol–water partition coefficient (Wildman–Crippen LogP) is 3.64. The quantitative estimate of drug-likeness (QED) is 0.653. The first-order chi connectivity index (χ1) is 9.56. The Balaban J connectivity index is 2.31. The van der Waals surface area contributed by atoms with E-state index in [1.165, 1.54) is 17.0 Å². The maximum Gasteiger partial charge on any atom is 0.133 e. The van der Waals surface area contributed by atoms with Crippen LogP contribution in [0.25, 0.3) is 0 Å². The number of benzene rings is 1. The minimum Gasteiger partial charge on any atom is -0.271 e. The molecule has 0 bridgehead atoms. The highest BCUT2D eigenvalue weighted by atomic mass is 32.1. The van der Waals surface area contributed by atoms with E-state index in [-0.39, 0.29) is 5.56 Å². The Labute approximate surface area is 121 Å². The molecule has 0 spiro atoms. The smallest absolute Gasteiger partial charge is 0.133 e. The standard InChI is InChI=1S/C15H18F2N2S/c1-3-10-5-6-11(20-10)8-13(19-18)14-12(16)7-4-9(2)15(14)17/h4-7,13,19H,3,8,18H2,1-2H3. The van der Waals surface area contributed by atoms with Gasteiger partial charge < -0.3 is 0 Å². The highest BCUT2D eigenvalue weighted by molar-refractivity contribution is 7.11. The van der Waals surface area contributed by atoms with Crippen LogP contribution in [-0.4, -0.2) is 0 Å². The van der Waals surface area contributed by atoms with Crippen molar-refractivity contribution in [2.24, 2.45) is 5.84 Å². The van der Waals surface area contributed by atoms with E-state index < -0.39 is 17.7 Å². The normalized spacial score (nSPS) is 12.7. The van der Waals surface area contributed by atoms with Crippen LogP contribution in [0.1, 0.15) is 33.8 Å². The topological polar surface area (TPSA) is 38.0 Å². The molecule has 1 aromatic carbocycles. The van der Waals surface area contributed by atoms with E-state index in [1.54, 1.807) is 18.3 Å². The summed E-state index contributed by atoms with van der Waals surface area (Å²) in [6.45, 7) is 3.69. The van der Waals surface area contributed by atoms with Crippen LogP contribution in [0.2, 0.25) is 0 Å². The first-order valence-electron chi connectivity index (χ1n) is 6.55. The van der Waals surface area contributed by atoms with Crippen molar-refractivity contribution in [2.75, 3.05) is 0 Å². The lowest BCUT2D eigenvalue weighted by Gasteiger charge is -2.18. The molecule has 2 aromatic rings. The van der Waals surface area contributed by atoms with Gasteiger partial charge >= 0.3 is 0 Å². The van der Waals surface area contributed by atoms with E-state index in [0.29, 0.717) is 12.0 Å². The summed E-state index contributed by atoms with van der Waals surface area (Å²) in [6.07, 6.45) is 1.43. The molecule has 1 unspecified atom stereocenters. The minimum atomic E-state index is -0.571. The van der Waals surface area contributed by atoms with Gasteiger partial charge in [-0.3, -0.25) is 11.3 Å². The molecular weight excluding hydrogens is 278 g/mol. The Morgan fingerprint density at radius 3 is 2.50 bits per heavy atom. The maximum absolute atomic E-state index is 14.1. The second-order valence-corrected chi connectivity index (χ2v) is 5.99. The number of nitrogens with two attached hydrogens (primary N) is 1. The van der Waals surface area contributed by atoms with Gasteiger partial charge in [0.15, 0.2) is 0 Å². The Kier molecular flexibility index (Phi) is 4.86. The van der Waals surface area contributed by atoms with Gasteiger partial charge in [0.2, 0.25) is 0 Å². The second kappa shape index (κ2) is 6.43. The van der Waals surface area contributed by atoms with Crippen molar-refractivity contribution in [1.29, 1.82) is 0 Å². The third-order valence-electron chi connectivity index (χ3n) is 3.34. The van der Waals surface area contributed by atoms with Gasteiger partial charge in [0, 0.05) is 21.7 Å². The average molecular weight is 296 g/mol. The predicted molar refractivity (Wildman–Crippen MR) is 78.6 cm³/mol. The summed E-state index contributed by atoms with van der Waals surface area (Å²) in [5, 5.41) is 0. The largest absolute Gasteiger partial charge is 0.271 e. The van der Waals surface area contributed by atoms with Gasteiger partial charge in [-0.05, 0) is 37.1 Å². The highest BCUT2D eigenvalue weighted by Gasteiger charge is 2.21. The Morgan fingerprint density at radius 1 is 1.20 bits per heavy atom. The van der Waals surface area contributed by atoms with E-state index in [1.807, 2.05) is 12.1 Å². The van der Waals surface area contributed by atoms with Crippen molar-refractivity contribution in [3.8, 4) is 0 Å². The summed E-state index contributed by atoms with van der Waals surface area (Å²) in [5.74, 6) is 4.41. The van der Waals surface area contributed by atoms with Crippen molar-refractivity contribution < 1.29 is 8.78 Å². The number of hydrogen-bond donors (Lipinski definition) is 2. The molecule has 0 amide bonds. The molecule has 0 fully saturated rings. The molecule has 0 aliphatic carbocycles. The summed E-state index contributed by atoms with van der Waals surface area (Å²) in [4.78, 5) is 2.31. The fourth-order valence-corrected chi connectivity index (χ4v) is 3.17. The van der Waals surface area contributed by atoms with Gasteiger partial charge in [0.25, 0.3) is 0 Å². The van der Waals surface area contributed by atoms with Crippen LogP contribution in [0.15, 0.2) is 24.3 Å². The molecule has 20 heavy (non-hydrogen) atoms. The van der Waals surface area contributed by atoms with E-state index >= 15 is 0 Å². The van der Waals surface area contributed by atoms with E-state index in [9.17, 15) is 8.78 Å². The molecule has 3 N–H and O–H groups in total. The van der Waals surface area contributed by atoms with Gasteiger partial charge in [-0.15, -0.1) is 11.3 Å². The lowest BCUT2D eigenvalue weighted by molar-refractivity contribution is 0.472. The first-order valence-corrected chi connectivity index (χ1v) is 7.36. The lowest BCUT2D eigenvalue weighted by Crippen LogP contribution is -2.31. The number of thiophene rings is 1. The van der Waals surface area contributed by atoms with Crippen LogP contribution in [0.4, 0.5) is 8.78 Å². The van der Waals surface area contributed by atoms with Crippen LogP contribution in [0.5, 0.6) is 0 Å². The number of nitrogens with one attached hydrogen (secondary N) is 1. The Morgan fingerprint density at radius 2 is 1.90 bits per heavy atom. The molecule has 1 atom stereocenters. The zero-order chi connectivity index (χ0) is 14.7. The molecule has 0 aliphatic rings. The van der Waals surface area contributed by atoms with Crippen LogP contribution in [0.3, 0.4) is 0 Å². The monoisotopic (exact) mass is 296 g/mol. The number of aryl methyl sites for hydroxylation is 2. The minimum absolute atomic E-state index is 0.0129. The third-order valence-corrected chi connectivity index (χ3v) is 4.59. The van der Waals surface area contributed by atoms with Crippen LogP contribution in [-0.2, 0) is 12.8 Å². The summed E-state index contributed by atoms with van der Waals surface area (Å²) < 4.78 is 28.1. The van der Waals surface area contributed by atoms with Gasteiger partial charge in [0.05, 0.1) is 6.04 Å². The second-order valence-electron chi connectivity index (χ2n) is 4.74. The molecule has 1 aromatic heterocycles. The molecule has 2 nitrogen and oxygen atoms in total. The van der Waals surface area contributed by atoms with Crippen LogP contribution >= 0.6 is 11.3 Å². The number of rotatable bonds is 5. The first kappa shape index (κ1) is 15.1. The molecule has 108 valence electrons. The number of hydrogen-bond acceptors (Lipinski definition) is 3. The van der Waals surface area contributed by atoms with Crippen molar-refractivity contribution >= 4 is 11.3 Å². The lowest BCUT2D eigenvalue weighted by atomic mass is 10.00. The Bertz CT molecular complexity index is 596. The van der Waals surface area contributed by atoms with Crippen molar-refractivity contribution in [3.05, 3.63) is 56.8 Å². The molecule has 2 rings (SSSR count). The number of hydrazine groups is 1. The Hall–Kier alpha value is -1.30. The zero-order valence-electron chi connectivity index (χ0n) is 11.5. The van der Waals surface area contributed by atoms with Gasteiger partial charge in [0.1, 0.15) is 11.6 Å². The van der Waals surface area contributed by atoms with Gasteiger partial charge in [-0.25, -0.2) is 8.78 Å². The zero-order valence-corrected chi connectivity index (χ0v) is 12.4. The summed E-state index contributed by atoms with van der Waals surface area (Å²) in [6, 6.07) is 6.17. The third kappa shape index (κ3) is 3.06. The number of halogens is 2. The van der Waals surface area contributed by atoms with Gasteiger partial charge in [-0.2, -0.15) is 0 Å². The summed E-state index contributed by atoms with van der Waals surface area (Å²) in [5.41, 5.74) is 2.96. The van der Waals surface area contributed by atoms with E-state index in [2.05, 4.69) is 12.3 Å². The molecule has 0 radical (unpaired) electrons. The van der Waals surface area contributed by atoms with Crippen molar-refractivity contribution in [1.82, 2.24) is 5.43 Å². The molecular formula is C15H18F2N2S. The van der Waals surface area contributed by atoms with Gasteiger partial charge in [-0.1, -0.05) is 13.0 Å². The molecule has 0 saturated carbocycles. The molecule has 5 heteroatoms. The average Bonchev–Trinajstić information content (AvgIpc) is 2.90.